The number of carbonyl (C=O) groups is 1. The largest absolute Gasteiger partial charge is 0.493 e. The molecule has 1 atom stereocenters. The maximum Gasteiger partial charge on any atom is 0.224 e. The van der Waals surface area contributed by atoms with Crippen LogP contribution in [0.25, 0.3) is 11.0 Å². The van der Waals surface area contributed by atoms with Crippen LogP contribution in [0.1, 0.15) is 38.6 Å². The normalized spacial score (nSPS) is 12.1. The number of amides is 1. The van der Waals surface area contributed by atoms with Crippen LogP contribution in [-0.2, 0) is 4.79 Å². The molecule has 0 saturated carbocycles. The summed E-state index contributed by atoms with van der Waals surface area (Å²) < 4.78 is 11.0. The van der Waals surface area contributed by atoms with Crippen molar-refractivity contribution < 1.29 is 14.3 Å². The van der Waals surface area contributed by atoms with Gasteiger partial charge in [-0.1, -0.05) is 38.1 Å². The van der Waals surface area contributed by atoms with Crippen molar-refractivity contribution in [2.24, 2.45) is 5.92 Å². The lowest BCUT2D eigenvalue weighted by Crippen LogP contribution is -2.31. The molecule has 0 bridgehead atoms. The fraction of sp³-hybridized carbons (Fsp3) is 0.364. The standard InChI is InChI=1S/C22H27N3O3/c1-15(2)14-18(22-24-16-8-4-5-9-17(16)25-22)23-21(26)12-13-28-20-11-7-6-10-19(20)27-3/h4-11,15,18H,12-14H2,1-3H3,(H,23,26)(H,24,25)/t18-/m1/s1. The van der Waals surface area contributed by atoms with E-state index in [9.17, 15) is 4.79 Å². The minimum atomic E-state index is -0.161. The van der Waals surface area contributed by atoms with Gasteiger partial charge in [-0.15, -0.1) is 0 Å². The highest BCUT2D eigenvalue weighted by molar-refractivity contribution is 5.77. The summed E-state index contributed by atoms with van der Waals surface area (Å²) in [4.78, 5) is 20.5. The number of benzene rings is 2. The van der Waals surface area contributed by atoms with E-state index in [0.29, 0.717) is 17.4 Å². The van der Waals surface area contributed by atoms with Crippen LogP contribution in [0.15, 0.2) is 48.5 Å². The second-order valence-corrected chi connectivity index (χ2v) is 7.14. The maximum absolute atomic E-state index is 12.5. The van der Waals surface area contributed by atoms with Gasteiger partial charge in [0, 0.05) is 0 Å². The molecule has 0 radical (unpaired) electrons. The minimum absolute atomic E-state index is 0.0685. The summed E-state index contributed by atoms with van der Waals surface area (Å²) >= 11 is 0. The number of methoxy groups -OCH3 is 1. The van der Waals surface area contributed by atoms with Crippen molar-refractivity contribution in [1.29, 1.82) is 0 Å². The zero-order valence-electron chi connectivity index (χ0n) is 16.6. The Labute approximate surface area is 165 Å². The Hall–Kier alpha value is -3.02. The molecule has 0 aliphatic rings. The van der Waals surface area contributed by atoms with Crippen LogP contribution >= 0.6 is 0 Å². The lowest BCUT2D eigenvalue weighted by Gasteiger charge is -2.19. The van der Waals surface area contributed by atoms with Gasteiger partial charge in [0.25, 0.3) is 0 Å². The Kier molecular flexibility index (Phi) is 6.53. The maximum atomic E-state index is 12.5. The predicted octanol–water partition coefficient (Wildman–Crippen LogP) is 4.24. The first-order chi connectivity index (χ1) is 13.6. The molecule has 6 heteroatoms. The Bertz CT molecular complexity index is 887. The van der Waals surface area contributed by atoms with Gasteiger partial charge in [-0.2, -0.15) is 0 Å². The second kappa shape index (κ2) is 9.26. The van der Waals surface area contributed by atoms with Crippen molar-refractivity contribution in [2.75, 3.05) is 13.7 Å². The highest BCUT2D eigenvalue weighted by atomic mass is 16.5. The first-order valence-corrected chi connectivity index (χ1v) is 9.56. The van der Waals surface area contributed by atoms with Crippen molar-refractivity contribution in [3.05, 3.63) is 54.4 Å². The van der Waals surface area contributed by atoms with Crippen molar-refractivity contribution in [2.45, 2.75) is 32.7 Å². The van der Waals surface area contributed by atoms with E-state index in [2.05, 4.69) is 29.1 Å². The van der Waals surface area contributed by atoms with Gasteiger partial charge in [0.05, 0.1) is 37.2 Å². The molecule has 0 fully saturated rings. The summed E-state index contributed by atoms with van der Waals surface area (Å²) in [5.74, 6) is 2.43. The van der Waals surface area contributed by atoms with Gasteiger partial charge in [-0.05, 0) is 36.6 Å². The molecule has 1 heterocycles. The molecule has 0 saturated heterocycles. The first kappa shape index (κ1) is 19.7. The molecule has 6 nitrogen and oxygen atoms in total. The quantitative estimate of drug-likeness (QED) is 0.581. The molecule has 0 aliphatic heterocycles. The van der Waals surface area contributed by atoms with Gasteiger partial charge in [0.15, 0.2) is 11.5 Å². The summed E-state index contributed by atoms with van der Waals surface area (Å²) in [6.45, 7) is 4.54. The van der Waals surface area contributed by atoms with Crippen LogP contribution in [0.4, 0.5) is 0 Å². The molecule has 2 aromatic carbocycles. The third-order valence-corrected chi connectivity index (χ3v) is 4.44. The number of aromatic amines is 1. The lowest BCUT2D eigenvalue weighted by molar-refractivity contribution is -0.122. The van der Waals surface area contributed by atoms with Gasteiger partial charge >= 0.3 is 0 Å². The molecule has 2 N–H and O–H groups in total. The van der Waals surface area contributed by atoms with Crippen LogP contribution in [-0.4, -0.2) is 29.6 Å². The van der Waals surface area contributed by atoms with Gasteiger partial charge in [-0.25, -0.2) is 4.98 Å². The number of aromatic nitrogens is 2. The van der Waals surface area contributed by atoms with E-state index < -0.39 is 0 Å². The summed E-state index contributed by atoms with van der Waals surface area (Å²) in [6, 6.07) is 15.1. The minimum Gasteiger partial charge on any atom is -0.493 e. The van der Waals surface area contributed by atoms with E-state index >= 15 is 0 Å². The molecular weight excluding hydrogens is 354 g/mol. The smallest absolute Gasteiger partial charge is 0.224 e. The van der Waals surface area contributed by atoms with Crippen molar-refractivity contribution >= 4 is 16.9 Å². The molecule has 148 valence electrons. The Morgan fingerprint density at radius 1 is 1.11 bits per heavy atom. The van der Waals surface area contributed by atoms with Crippen molar-refractivity contribution in [1.82, 2.24) is 15.3 Å². The van der Waals surface area contributed by atoms with E-state index in [4.69, 9.17) is 9.47 Å². The number of fused-ring (bicyclic) bond motifs is 1. The van der Waals surface area contributed by atoms with Crippen molar-refractivity contribution in [3.63, 3.8) is 0 Å². The molecule has 1 aromatic heterocycles. The topological polar surface area (TPSA) is 76.2 Å². The average Bonchev–Trinajstić information content (AvgIpc) is 3.12. The van der Waals surface area contributed by atoms with E-state index in [0.717, 1.165) is 23.3 Å². The predicted molar refractivity (Wildman–Crippen MR) is 110 cm³/mol. The molecule has 3 rings (SSSR count). The number of imidazole rings is 1. The number of hydrogen-bond donors (Lipinski definition) is 2. The van der Waals surface area contributed by atoms with E-state index in [1.54, 1.807) is 7.11 Å². The fourth-order valence-electron chi connectivity index (χ4n) is 3.11. The average molecular weight is 381 g/mol. The van der Waals surface area contributed by atoms with Gasteiger partial charge in [0.2, 0.25) is 5.91 Å². The Balaban J connectivity index is 1.61. The highest BCUT2D eigenvalue weighted by Gasteiger charge is 2.19. The number of carbonyl (C=O) groups excluding carboxylic acids is 1. The summed E-state index contributed by atoms with van der Waals surface area (Å²) in [6.07, 6.45) is 1.06. The van der Waals surface area contributed by atoms with Gasteiger partial charge in [0.1, 0.15) is 5.82 Å². The molecule has 0 unspecified atom stereocenters. The Morgan fingerprint density at radius 2 is 1.82 bits per heavy atom. The molecule has 1 amide bonds. The van der Waals surface area contributed by atoms with Crippen LogP contribution < -0.4 is 14.8 Å². The number of hydrogen-bond acceptors (Lipinski definition) is 4. The molecule has 0 aliphatic carbocycles. The summed E-state index contributed by atoms with van der Waals surface area (Å²) in [5.41, 5.74) is 1.88. The highest BCUT2D eigenvalue weighted by Crippen LogP contribution is 2.26. The number of nitrogens with one attached hydrogen (secondary N) is 2. The zero-order chi connectivity index (χ0) is 19.9. The third-order valence-electron chi connectivity index (χ3n) is 4.44. The number of ether oxygens (including phenoxy) is 2. The van der Waals surface area contributed by atoms with Crippen LogP contribution in [0.2, 0.25) is 0 Å². The Morgan fingerprint density at radius 3 is 2.54 bits per heavy atom. The lowest BCUT2D eigenvalue weighted by atomic mass is 10.0. The SMILES string of the molecule is COc1ccccc1OCCC(=O)N[C@H](CC(C)C)c1nc2ccccc2[nH]1. The van der Waals surface area contributed by atoms with E-state index in [1.807, 2.05) is 48.5 Å². The summed E-state index contributed by atoms with van der Waals surface area (Å²) in [5, 5.41) is 3.10. The van der Waals surface area contributed by atoms with Crippen LogP contribution in [0.3, 0.4) is 0 Å². The number of rotatable bonds is 9. The van der Waals surface area contributed by atoms with E-state index in [1.165, 1.54) is 0 Å². The van der Waals surface area contributed by atoms with Crippen LogP contribution in [0, 0.1) is 5.92 Å². The molecule has 28 heavy (non-hydrogen) atoms. The number of H-pyrrole nitrogens is 1. The monoisotopic (exact) mass is 381 g/mol. The van der Waals surface area contributed by atoms with Gasteiger partial charge in [-0.3, -0.25) is 4.79 Å². The van der Waals surface area contributed by atoms with E-state index in [-0.39, 0.29) is 25.0 Å². The van der Waals surface area contributed by atoms with Crippen LogP contribution in [0.5, 0.6) is 11.5 Å². The molecular formula is C22H27N3O3. The number of nitrogens with zero attached hydrogens (tertiary/aromatic N) is 1. The summed E-state index contributed by atoms with van der Waals surface area (Å²) in [7, 11) is 1.60. The first-order valence-electron chi connectivity index (χ1n) is 9.56. The van der Waals surface area contributed by atoms with Gasteiger partial charge < -0.3 is 19.8 Å². The number of para-hydroxylation sites is 4. The molecule has 3 aromatic rings. The second-order valence-electron chi connectivity index (χ2n) is 7.14. The van der Waals surface area contributed by atoms with Crippen molar-refractivity contribution in [3.8, 4) is 11.5 Å². The third kappa shape index (κ3) is 5.03. The zero-order valence-corrected chi connectivity index (χ0v) is 16.6. The molecule has 0 spiro atoms. The fourth-order valence-corrected chi connectivity index (χ4v) is 3.11.